The molecule has 0 saturated heterocycles. The van der Waals surface area contributed by atoms with Crippen LogP contribution in [0.15, 0.2) is 18.2 Å². The summed E-state index contributed by atoms with van der Waals surface area (Å²) in [5.41, 5.74) is 4.34. The van der Waals surface area contributed by atoms with Gasteiger partial charge >= 0.3 is 0 Å². The second-order valence-corrected chi connectivity index (χ2v) is 4.50. The number of alkyl halides is 1. The molecule has 2 unspecified atom stereocenters. The highest BCUT2D eigenvalue weighted by Crippen LogP contribution is 2.44. The Kier molecular flexibility index (Phi) is 2.69. The van der Waals surface area contributed by atoms with Crippen LogP contribution in [0.3, 0.4) is 0 Å². The van der Waals surface area contributed by atoms with E-state index in [1.54, 1.807) is 0 Å². The molecule has 1 fully saturated rings. The van der Waals surface area contributed by atoms with Gasteiger partial charge in [-0.3, -0.25) is 0 Å². The highest BCUT2D eigenvalue weighted by atomic mass is 35.5. The summed E-state index contributed by atoms with van der Waals surface area (Å²) in [5, 5.41) is 0.271. The van der Waals surface area contributed by atoms with Crippen LogP contribution in [0, 0.1) is 5.82 Å². The highest BCUT2D eigenvalue weighted by molar-refractivity contribution is 6.31. The third-order valence-electron chi connectivity index (χ3n) is 2.91. The summed E-state index contributed by atoms with van der Waals surface area (Å²) >= 11 is 5.87. The molecule has 15 heavy (non-hydrogen) atoms. The topological polar surface area (TPSA) is 26.0 Å². The molecule has 2 N–H and O–H groups in total. The smallest absolute Gasteiger partial charge is 0.139 e. The first-order valence-corrected chi connectivity index (χ1v) is 5.29. The van der Waals surface area contributed by atoms with Crippen molar-refractivity contribution in [2.75, 3.05) is 0 Å². The largest absolute Gasteiger partial charge is 0.328 e. The number of rotatable bonds is 1. The molecular formula is C11H12ClF2N. The van der Waals surface area contributed by atoms with E-state index in [0.717, 1.165) is 0 Å². The molecule has 4 heteroatoms. The predicted molar refractivity (Wildman–Crippen MR) is 56.0 cm³/mol. The van der Waals surface area contributed by atoms with Gasteiger partial charge in [-0.1, -0.05) is 11.6 Å². The minimum absolute atomic E-state index is 0.158. The summed E-state index contributed by atoms with van der Waals surface area (Å²) < 4.78 is 27.4. The zero-order chi connectivity index (χ0) is 11.1. The first-order valence-electron chi connectivity index (χ1n) is 4.91. The van der Waals surface area contributed by atoms with Gasteiger partial charge in [0.05, 0.1) is 0 Å². The van der Waals surface area contributed by atoms with Crippen LogP contribution in [-0.2, 0) is 5.67 Å². The van der Waals surface area contributed by atoms with Crippen LogP contribution in [0.2, 0.25) is 5.02 Å². The van der Waals surface area contributed by atoms with Crippen LogP contribution < -0.4 is 5.73 Å². The van der Waals surface area contributed by atoms with E-state index in [1.165, 1.54) is 18.2 Å². The summed E-state index contributed by atoms with van der Waals surface area (Å²) in [4.78, 5) is 0. The van der Waals surface area contributed by atoms with Crippen molar-refractivity contribution in [3.05, 3.63) is 34.6 Å². The molecule has 1 aromatic rings. The van der Waals surface area contributed by atoms with E-state index in [0.29, 0.717) is 12.8 Å². The summed E-state index contributed by atoms with van der Waals surface area (Å²) in [6.45, 7) is 0. The molecule has 82 valence electrons. The summed E-state index contributed by atoms with van der Waals surface area (Å²) in [6, 6.07) is 3.62. The van der Waals surface area contributed by atoms with Crippen molar-refractivity contribution in [2.24, 2.45) is 5.73 Å². The van der Waals surface area contributed by atoms with Gasteiger partial charge in [0.15, 0.2) is 0 Å². The number of benzene rings is 1. The standard InChI is InChI=1S/C11H12ClF2N/c12-10-2-1-7(13)5-9(10)11(14)4-3-8(15)6-11/h1-2,5,8H,3-4,6,15H2. The lowest BCUT2D eigenvalue weighted by molar-refractivity contribution is 0.172. The second kappa shape index (κ2) is 3.72. The molecule has 0 radical (unpaired) electrons. The van der Waals surface area contributed by atoms with Crippen molar-refractivity contribution in [1.82, 2.24) is 0 Å². The van der Waals surface area contributed by atoms with Gasteiger partial charge in [0, 0.05) is 23.0 Å². The molecule has 1 aromatic carbocycles. The highest BCUT2D eigenvalue weighted by Gasteiger charge is 2.41. The van der Waals surface area contributed by atoms with Crippen molar-refractivity contribution < 1.29 is 8.78 Å². The number of nitrogens with two attached hydrogens (primary N) is 1. The molecular weight excluding hydrogens is 220 g/mol. The molecule has 1 aliphatic rings. The fraction of sp³-hybridized carbons (Fsp3) is 0.455. The number of hydrogen-bond acceptors (Lipinski definition) is 1. The predicted octanol–water partition coefficient (Wildman–Crippen LogP) is 3.16. The molecule has 0 aromatic heterocycles. The van der Waals surface area contributed by atoms with Crippen molar-refractivity contribution in [2.45, 2.75) is 31.0 Å². The van der Waals surface area contributed by atoms with Crippen LogP contribution in [0.1, 0.15) is 24.8 Å². The van der Waals surface area contributed by atoms with Gasteiger partial charge in [-0.05, 0) is 31.0 Å². The zero-order valence-electron chi connectivity index (χ0n) is 8.14. The van der Waals surface area contributed by atoms with Crippen LogP contribution in [0.4, 0.5) is 8.78 Å². The Hall–Kier alpha value is -0.670. The van der Waals surface area contributed by atoms with Crippen LogP contribution in [-0.4, -0.2) is 6.04 Å². The maximum Gasteiger partial charge on any atom is 0.139 e. The average Bonchev–Trinajstić information content (AvgIpc) is 2.52. The Morgan fingerprint density at radius 1 is 1.47 bits per heavy atom. The average molecular weight is 232 g/mol. The minimum Gasteiger partial charge on any atom is -0.328 e. The maximum absolute atomic E-state index is 14.4. The Balaban J connectivity index is 2.40. The Morgan fingerprint density at radius 3 is 2.80 bits per heavy atom. The van der Waals surface area contributed by atoms with Crippen LogP contribution >= 0.6 is 11.6 Å². The van der Waals surface area contributed by atoms with Gasteiger partial charge in [-0.15, -0.1) is 0 Å². The second-order valence-electron chi connectivity index (χ2n) is 4.09. The quantitative estimate of drug-likeness (QED) is 0.790. The van der Waals surface area contributed by atoms with Crippen molar-refractivity contribution in [3.63, 3.8) is 0 Å². The van der Waals surface area contributed by atoms with Crippen LogP contribution in [0.25, 0.3) is 0 Å². The van der Waals surface area contributed by atoms with Crippen molar-refractivity contribution in [1.29, 1.82) is 0 Å². The lowest BCUT2D eigenvalue weighted by Crippen LogP contribution is -2.21. The van der Waals surface area contributed by atoms with E-state index in [1.807, 2.05) is 0 Å². The number of halogens is 3. The van der Waals surface area contributed by atoms with Crippen molar-refractivity contribution in [3.8, 4) is 0 Å². The van der Waals surface area contributed by atoms with E-state index in [2.05, 4.69) is 0 Å². The molecule has 0 bridgehead atoms. The Labute approximate surface area is 92.2 Å². The monoisotopic (exact) mass is 231 g/mol. The first kappa shape index (κ1) is 10.8. The lowest BCUT2D eigenvalue weighted by atomic mass is 9.94. The third-order valence-corrected chi connectivity index (χ3v) is 3.24. The first-order chi connectivity index (χ1) is 7.01. The summed E-state index contributed by atoms with van der Waals surface area (Å²) in [7, 11) is 0. The van der Waals surface area contributed by atoms with Gasteiger partial charge in [-0.25, -0.2) is 8.78 Å². The van der Waals surface area contributed by atoms with Gasteiger partial charge in [0.2, 0.25) is 0 Å². The molecule has 1 nitrogen and oxygen atoms in total. The normalized spacial score (nSPS) is 30.8. The SMILES string of the molecule is NC1CCC(F)(c2cc(F)ccc2Cl)C1. The molecule has 0 amide bonds. The molecule has 1 aliphatic carbocycles. The molecule has 1 saturated carbocycles. The lowest BCUT2D eigenvalue weighted by Gasteiger charge is -2.21. The molecule has 0 aliphatic heterocycles. The third kappa shape index (κ3) is 1.99. The van der Waals surface area contributed by atoms with Crippen molar-refractivity contribution >= 4 is 11.6 Å². The Bertz CT molecular complexity index is 383. The number of hydrogen-bond donors (Lipinski definition) is 1. The minimum atomic E-state index is -1.56. The zero-order valence-corrected chi connectivity index (χ0v) is 8.90. The van der Waals surface area contributed by atoms with E-state index in [-0.39, 0.29) is 23.0 Å². The molecule has 0 heterocycles. The molecule has 2 atom stereocenters. The molecule has 2 rings (SSSR count). The van der Waals surface area contributed by atoms with Crippen LogP contribution in [0.5, 0.6) is 0 Å². The fourth-order valence-electron chi connectivity index (χ4n) is 2.12. The summed E-state index contributed by atoms with van der Waals surface area (Å²) in [5.74, 6) is -0.466. The van der Waals surface area contributed by atoms with E-state index in [4.69, 9.17) is 17.3 Å². The van der Waals surface area contributed by atoms with Gasteiger partial charge in [-0.2, -0.15) is 0 Å². The maximum atomic E-state index is 14.4. The van der Waals surface area contributed by atoms with E-state index < -0.39 is 11.5 Å². The van der Waals surface area contributed by atoms with Gasteiger partial charge in [0.1, 0.15) is 11.5 Å². The Morgan fingerprint density at radius 2 is 2.20 bits per heavy atom. The van der Waals surface area contributed by atoms with E-state index in [9.17, 15) is 8.78 Å². The van der Waals surface area contributed by atoms with E-state index >= 15 is 0 Å². The summed E-state index contributed by atoms with van der Waals surface area (Å²) in [6.07, 6.45) is 1.15. The van der Waals surface area contributed by atoms with Gasteiger partial charge in [0.25, 0.3) is 0 Å². The fourth-order valence-corrected chi connectivity index (χ4v) is 2.41. The van der Waals surface area contributed by atoms with Gasteiger partial charge < -0.3 is 5.73 Å². The molecule has 0 spiro atoms.